The summed E-state index contributed by atoms with van der Waals surface area (Å²) in [5, 5.41) is 9.24. The van der Waals surface area contributed by atoms with Gasteiger partial charge in [-0.15, -0.1) is 0 Å². The highest BCUT2D eigenvalue weighted by Crippen LogP contribution is 2.24. The van der Waals surface area contributed by atoms with Crippen molar-refractivity contribution in [2.24, 2.45) is 0 Å². The molecule has 7 heteroatoms. The zero-order chi connectivity index (χ0) is 21.7. The van der Waals surface area contributed by atoms with Crippen molar-refractivity contribution < 1.29 is 17.9 Å². The van der Waals surface area contributed by atoms with Crippen LogP contribution < -0.4 is 0 Å². The third-order valence-electron chi connectivity index (χ3n) is 4.53. The second-order valence-corrected chi connectivity index (χ2v) is 8.90. The van der Waals surface area contributed by atoms with E-state index in [1.54, 1.807) is 6.07 Å². The molecule has 0 aliphatic carbocycles. The van der Waals surface area contributed by atoms with E-state index in [0.29, 0.717) is 5.56 Å². The van der Waals surface area contributed by atoms with Crippen molar-refractivity contribution >= 4 is 16.0 Å². The van der Waals surface area contributed by atoms with Gasteiger partial charge in [0.05, 0.1) is 22.1 Å². The predicted molar refractivity (Wildman–Crippen MR) is 113 cm³/mol. The van der Waals surface area contributed by atoms with E-state index in [4.69, 9.17) is 4.74 Å². The van der Waals surface area contributed by atoms with E-state index in [9.17, 15) is 18.5 Å². The molecule has 0 fully saturated rings. The Morgan fingerprint density at radius 3 is 2.37 bits per heavy atom. The molecule has 0 radical (unpaired) electrons. The molecule has 0 heterocycles. The van der Waals surface area contributed by atoms with E-state index >= 15 is 0 Å². The Kier molecular flexibility index (Phi) is 6.31. The van der Waals surface area contributed by atoms with Crippen LogP contribution in [0.25, 0.3) is 11.1 Å². The average molecular weight is 420 g/mol. The minimum Gasteiger partial charge on any atom is -0.457 e. The second kappa shape index (κ2) is 8.91. The highest BCUT2D eigenvalue weighted by molar-refractivity contribution is 7.89. The molecule has 0 unspecified atom stereocenters. The summed E-state index contributed by atoms with van der Waals surface area (Å²) in [6.07, 6.45) is 0. The van der Waals surface area contributed by atoms with Gasteiger partial charge in [-0.25, -0.2) is 17.5 Å². The van der Waals surface area contributed by atoms with Crippen molar-refractivity contribution in [3.05, 3.63) is 89.5 Å². The highest BCUT2D eigenvalue weighted by Gasteiger charge is 2.19. The lowest BCUT2D eigenvalue weighted by Crippen LogP contribution is -2.22. The first-order chi connectivity index (χ1) is 14.3. The molecule has 0 bridgehead atoms. The van der Waals surface area contributed by atoms with E-state index in [1.807, 2.05) is 42.5 Å². The van der Waals surface area contributed by atoms with Crippen LogP contribution in [0, 0.1) is 11.3 Å². The first-order valence-electron chi connectivity index (χ1n) is 9.11. The fraction of sp³-hybridized carbons (Fsp3) is 0.130. The minimum atomic E-state index is -3.63. The fourth-order valence-corrected chi connectivity index (χ4v) is 3.79. The van der Waals surface area contributed by atoms with Gasteiger partial charge in [0.25, 0.3) is 0 Å². The van der Waals surface area contributed by atoms with Gasteiger partial charge >= 0.3 is 5.97 Å². The van der Waals surface area contributed by atoms with Gasteiger partial charge in [-0.3, -0.25) is 0 Å². The monoisotopic (exact) mass is 420 g/mol. The maximum absolute atomic E-state index is 12.4. The molecule has 3 rings (SSSR count). The summed E-state index contributed by atoms with van der Waals surface area (Å²) in [7, 11) is -0.775. The van der Waals surface area contributed by atoms with Crippen LogP contribution in [-0.4, -0.2) is 32.8 Å². The second-order valence-electron chi connectivity index (χ2n) is 6.75. The topological polar surface area (TPSA) is 87.5 Å². The number of esters is 1. The highest BCUT2D eigenvalue weighted by atomic mass is 32.2. The van der Waals surface area contributed by atoms with Crippen LogP contribution in [0.3, 0.4) is 0 Å². The first-order valence-corrected chi connectivity index (χ1v) is 10.5. The van der Waals surface area contributed by atoms with Crippen molar-refractivity contribution in [3.8, 4) is 17.2 Å². The largest absolute Gasteiger partial charge is 0.457 e. The van der Waals surface area contributed by atoms with E-state index in [-0.39, 0.29) is 17.1 Å². The fourth-order valence-electron chi connectivity index (χ4n) is 2.84. The van der Waals surface area contributed by atoms with E-state index < -0.39 is 16.0 Å². The first kappa shape index (κ1) is 21.2. The van der Waals surface area contributed by atoms with Crippen LogP contribution in [0.2, 0.25) is 0 Å². The van der Waals surface area contributed by atoms with Gasteiger partial charge in [-0.2, -0.15) is 5.26 Å². The number of hydrogen-bond acceptors (Lipinski definition) is 5. The molecule has 0 aliphatic rings. The summed E-state index contributed by atoms with van der Waals surface area (Å²) in [6, 6.07) is 22.6. The van der Waals surface area contributed by atoms with E-state index in [1.165, 1.54) is 38.4 Å². The van der Waals surface area contributed by atoms with Crippen LogP contribution in [-0.2, 0) is 21.4 Å². The SMILES string of the molecule is CN(C)S(=O)(=O)c1cccc(C(=O)OCc2ccc(-c3ccccc3C#N)cc2)c1. The Balaban J connectivity index is 1.71. The quantitative estimate of drug-likeness (QED) is 0.566. The predicted octanol–water partition coefficient (Wildman–Crippen LogP) is 3.83. The number of benzene rings is 3. The van der Waals surface area contributed by atoms with Crippen molar-refractivity contribution in [1.82, 2.24) is 4.31 Å². The summed E-state index contributed by atoms with van der Waals surface area (Å²) in [4.78, 5) is 12.4. The van der Waals surface area contributed by atoms with Crippen LogP contribution in [0.4, 0.5) is 0 Å². The molecule has 0 aromatic heterocycles. The van der Waals surface area contributed by atoms with Gasteiger partial charge in [-0.05, 0) is 41.0 Å². The maximum Gasteiger partial charge on any atom is 0.338 e. The Morgan fingerprint density at radius 1 is 1.00 bits per heavy atom. The summed E-state index contributed by atoms with van der Waals surface area (Å²) in [5.41, 5.74) is 3.26. The zero-order valence-corrected chi connectivity index (χ0v) is 17.4. The van der Waals surface area contributed by atoms with Crippen molar-refractivity contribution in [3.63, 3.8) is 0 Å². The van der Waals surface area contributed by atoms with Crippen LogP contribution in [0.15, 0.2) is 77.7 Å². The number of rotatable bonds is 6. The number of ether oxygens (including phenoxy) is 1. The van der Waals surface area contributed by atoms with Gasteiger partial charge in [0, 0.05) is 14.1 Å². The minimum absolute atomic E-state index is 0.0301. The Morgan fingerprint density at radius 2 is 1.70 bits per heavy atom. The molecular formula is C23H20N2O4S. The third kappa shape index (κ3) is 4.57. The molecule has 0 atom stereocenters. The van der Waals surface area contributed by atoms with Crippen molar-refractivity contribution in [2.45, 2.75) is 11.5 Å². The summed E-state index contributed by atoms with van der Waals surface area (Å²) >= 11 is 0. The Labute approximate surface area is 176 Å². The average Bonchev–Trinajstić information content (AvgIpc) is 2.77. The molecule has 3 aromatic rings. The molecule has 0 N–H and O–H groups in total. The third-order valence-corrected chi connectivity index (χ3v) is 6.34. The molecule has 0 saturated carbocycles. The van der Waals surface area contributed by atoms with Gasteiger partial charge in [0.2, 0.25) is 10.0 Å². The van der Waals surface area contributed by atoms with Gasteiger partial charge in [0.1, 0.15) is 6.61 Å². The van der Waals surface area contributed by atoms with E-state index in [0.717, 1.165) is 21.0 Å². The van der Waals surface area contributed by atoms with Crippen LogP contribution >= 0.6 is 0 Å². The lowest BCUT2D eigenvalue weighted by Gasteiger charge is -2.12. The number of sulfonamides is 1. The van der Waals surface area contributed by atoms with Crippen molar-refractivity contribution in [1.29, 1.82) is 5.26 Å². The summed E-state index contributed by atoms with van der Waals surface area (Å²) in [5.74, 6) is -0.607. The van der Waals surface area contributed by atoms with Gasteiger partial charge < -0.3 is 4.74 Å². The smallest absolute Gasteiger partial charge is 0.338 e. The molecule has 6 nitrogen and oxygen atoms in total. The number of carbonyl (C=O) groups is 1. The molecule has 0 amide bonds. The lowest BCUT2D eigenvalue weighted by molar-refractivity contribution is 0.0472. The number of nitrogens with zero attached hydrogens (tertiary/aromatic N) is 2. The zero-order valence-electron chi connectivity index (χ0n) is 16.6. The van der Waals surface area contributed by atoms with E-state index in [2.05, 4.69) is 6.07 Å². The molecular weight excluding hydrogens is 400 g/mol. The Hall–Kier alpha value is -3.47. The molecule has 0 aliphatic heterocycles. The van der Waals surface area contributed by atoms with Crippen molar-refractivity contribution in [2.75, 3.05) is 14.1 Å². The number of carbonyl (C=O) groups excluding carboxylic acids is 1. The molecule has 3 aromatic carbocycles. The molecule has 30 heavy (non-hydrogen) atoms. The van der Waals surface area contributed by atoms with Crippen LogP contribution in [0.1, 0.15) is 21.5 Å². The number of hydrogen-bond donors (Lipinski definition) is 0. The normalized spacial score (nSPS) is 11.1. The van der Waals surface area contributed by atoms with Gasteiger partial charge in [-0.1, -0.05) is 48.5 Å². The standard InChI is InChI=1S/C23H20N2O4S/c1-25(2)30(27,28)21-8-5-7-19(14-21)23(26)29-16-17-10-12-18(13-11-17)22-9-4-3-6-20(22)15-24/h3-14H,16H2,1-2H3. The summed E-state index contributed by atoms with van der Waals surface area (Å²) in [6.45, 7) is 0.0453. The van der Waals surface area contributed by atoms with Crippen LogP contribution in [0.5, 0.6) is 0 Å². The summed E-state index contributed by atoms with van der Waals surface area (Å²) < 4.78 is 30.9. The lowest BCUT2D eigenvalue weighted by atomic mass is 9.99. The molecule has 152 valence electrons. The van der Waals surface area contributed by atoms with Gasteiger partial charge in [0.15, 0.2) is 0 Å². The Bertz CT molecular complexity index is 1210. The number of nitriles is 1. The molecule has 0 saturated heterocycles. The molecule has 0 spiro atoms. The maximum atomic E-state index is 12.4.